The van der Waals surface area contributed by atoms with Crippen LogP contribution in [0.3, 0.4) is 0 Å². The Labute approximate surface area is 202 Å². The molecule has 1 aliphatic heterocycles. The largest absolute Gasteiger partial charge is 0.462 e. The predicted molar refractivity (Wildman–Crippen MR) is 133 cm³/mol. The Bertz CT molecular complexity index is 1540. The number of aromatic amines is 1. The number of carbonyl (C=O) groups excluding carboxylic acids is 1. The van der Waals surface area contributed by atoms with Gasteiger partial charge in [-0.25, -0.2) is 18.0 Å². The number of fused-ring (bicyclic) bond motifs is 2. The summed E-state index contributed by atoms with van der Waals surface area (Å²) in [5, 5.41) is 0. The molecule has 0 fully saturated rings. The number of anilines is 1. The van der Waals surface area contributed by atoms with Crippen molar-refractivity contribution in [1.29, 1.82) is 0 Å². The van der Waals surface area contributed by atoms with Gasteiger partial charge in [-0.1, -0.05) is 30.3 Å². The monoisotopic (exact) mass is 491 g/mol. The molecule has 2 heterocycles. The van der Waals surface area contributed by atoms with Gasteiger partial charge in [0.15, 0.2) is 0 Å². The molecule has 8 nitrogen and oxygen atoms in total. The molecule has 0 saturated heterocycles. The highest BCUT2D eigenvalue weighted by atomic mass is 32.2. The highest BCUT2D eigenvalue weighted by molar-refractivity contribution is 7.92. The van der Waals surface area contributed by atoms with Crippen LogP contribution in [0.5, 0.6) is 0 Å². The van der Waals surface area contributed by atoms with Crippen LogP contribution in [0.15, 0.2) is 82.5 Å². The minimum atomic E-state index is -3.74. The number of benzene rings is 3. The number of H-pyrrole nitrogens is 1. The topological polar surface area (TPSA) is 101 Å². The number of nitrogens with zero attached hydrogens (tertiary/aromatic N) is 2. The van der Waals surface area contributed by atoms with Crippen LogP contribution in [-0.4, -0.2) is 37.1 Å². The van der Waals surface area contributed by atoms with E-state index in [4.69, 9.17) is 4.74 Å². The fourth-order valence-corrected chi connectivity index (χ4v) is 5.98. The summed E-state index contributed by atoms with van der Waals surface area (Å²) in [4.78, 5) is 27.5. The number of rotatable bonds is 7. The maximum absolute atomic E-state index is 13.3. The zero-order chi connectivity index (χ0) is 24.4. The van der Waals surface area contributed by atoms with Crippen molar-refractivity contribution in [3.05, 3.63) is 94.4 Å². The zero-order valence-electron chi connectivity index (χ0n) is 19.0. The third-order valence-corrected chi connectivity index (χ3v) is 8.01. The summed E-state index contributed by atoms with van der Waals surface area (Å²) in [6.07, 6.45) is 2.07. The Morgan fingerprint density at radius 3 is 2.54 bits per heavy atom. The van der Waals surface area contributed by atoms with Crippen molar-refractivity contribution in [2.75, 3.05) is 17.5 Å². The fraction of sp³-hybridized carbons (Fsp3) is 0.231. The van der Waals surface area contributed by atoms with E-state index in [1.165, 1.54) is 28.6 Å². The standard InChI is InChI=1S/C26H25N3O5S/c30-25(34-18-6-16-28-24-11-4-2-9-22(24)27-26(28)31)20-12-14-21(15-13-20)35(32,33)29-17-5-8-19-7-1-3-10-23(19)29/h1-4,7,9-15H,5-6,8,16-18H2,(H,27,31). The van der Waals surface area contributed by atoms with Gasteiger partial charge in [0, 0.05) is 13.1 Å². The number of imidazole rings is 1. The smallest absolute Gasteiger partial charge is 0.338 e. The Morgan fingerprint density at radius 2 is 1.71 bits per heavy atom. The Morgan fingerprint density at radius 1 is 0.971 bits per heavy atom. The zero-order valence-corrected chi connectivity index (χ0v) is 19.8. The average Bonchev–Trinajstić information content (AvgIpc) is 3.21. The van der Waals surface area contributed by atoms with Crippen LogP contribution in [0.2, 0.25) is 0 Å². The molecule has 5 rings (SSSR count). The number of ether oxygens (including phenoxy) is 1. The summed E-state index contributed by atoms with van der Waals surface area (Å²) >= 11 is 0. The first kappa shape index (κ1) is 22.9. The van der Waals surface area contributed by atoms with E-state index in [1.807, 2.05) is 48.5 Å². The van der Waals surface area contributed by atoms with Gasteiger partial charge in [0.05, 0.1) is 33.8 Å². The van der Waals surface area contributed by atoms with Crippen molar-refractivity contribution in [3.8, 4) is 0 Å². The Balaban J connectivity index is 1.21. The fourth-order valence-electron chi connectivity index (χ4n) is 4.44. The number of para-hydroxylation sites is 3. The Hall–Kier alpha value is -3.85. The second-order valence-electron chi connectivity index (χ2n) is 8.42. The second kappa shape index (κ2) is 9.42. The molecule has 0 radical (unpaired) electrons. The molecule has 180 valence electrons. The van der Waals surface area contributed by atoms with Gasteiger partial charge in [0.25, 0.3) is 10.0 Å². The lowest BCUT2D eigenvalue weighted by molar-refractivity contribution is 0.0496. The van der Waals surface area contributed by atoms with E-state index in [2.05, 4.69) is 4.98 Å². The van der Waals surface area contributed by atoms with Gasteiger partial charge in [-0.2, -0.15) is 0 Å². The SMILES string of the molecule is O=C(OCCCn1c(=O)[nH]c2ccccc21)c1ccc(S(=O)(=O)N2CCCc3ccccc32)cc1. The van der Waals surface area contributed by atoms with Gasteiger partial charge in [0.2, 0.25) is 0 Å². The van der Waals surface area contributed by atoms with Gasteiger partial charge >= 0.3 is 11.7 Å². The molecule has 4 aromatic rings. The summed E-state index contributed by atoms with van der Waals surface area (Å²) < 4.78 is 34.9. The van der Waals surface area contributed by atoms with Crippen molar-refractivity contribution in [2.24, 2.45) is 0 Å². The summed E-state index contributed by atoms with van der Waals surface area (Å²) in [6, 6.07) is 20.7. The molecule has 1 N–H and O–H groups in total. The van der Waals surface area contributed by atoms with E-state index in [1.54, 1.807) is 4.57 Å². The van der Waals surface area contributed by atoms with E-state index in [0.29, 0.717) is 25.2 Å². The molecule has 1 aliphatic rings. The third-order valence-electron chi connectivity index (χ3n) is 6.19. The van der Waals surface area contributed by atoms with Crippen LogP contribution in [0.25, 0.3) is 11.0 Å². The number of hydrogen-bond acceptors (Lipinski definition) is 5. The van der Waals surface area contributed by atoms with Gasteiger partial charge in [-0.15, -0.1) is 0 Å². The van der Waals surface area contributed by atoms with Crippen molar-refractivity contribution >= 4 is 32.7 Å². The van der Waals surface area contributed by atoms with Crippen LogP contribution < -0.4 is 9.99 Å². The molecule has 0 saturated carbocycles. The first-order valence-electron chi connectivity index (χ1n) is 11.5. The van der Waals surface area contributed by atoms with E-state index in [0.717, 1.165) is 29.4 Å². The molecule has 0 bridgehead atoms. The van der Waals surface area contributed by atoms with Gasteiger partial charge in [-0.05, 0) is 67.3 Å². The quantitative estimate of drug-likeness (QED) is 0.314. The van der Waals surface area contributed by atoms with E-state index < -0.39 is 16.0 Å². The molecule has 0 spiro atoms. The minimum Gasteiger partial charge on any atom is -0.462 e. The highest BCUT2D eigenvalue weighted by Gasteiger charge is 2.29. The maximum Gasteiger partial charge on any atom is 0.338 e. The first-order valence-corrected chi connectivity index (χ1v) is 12.9. The highest BCUT2D eigenvalue weighted by Crippen LogP contribution is 2.31. The van der Waals surface area contributed by atoms with Crippen LogP contribution in [0.1, 0.15) is 28.8 Å². The van der Waals surface area contributed by atoms with E-state index in [-0.39, 0.29) is 22.8 Å². The molecule has 1 aromatic heterocycles. The number of aromatic nitrogens is 2. The van der Waals surface area contributed by atoms with Crippen LogP contribution in [0, 0.1) is 0 Å². The molecule has 0 unspecified atom stereocenters. The lowest BCUT2D eigenvalue weighted by atomic mass is 10.0. The van der Waals surface area contributed by atoms with Crippen LogP contribution in [-0.2, 0) is 27.7 Å². The molecule has 0 amide bonds. The molecule has 0 atom stereocenters. The second-order valence-corrected chi connectivity index (χ2v) is 10.3. The number of sulfonamides is 1. The van der Waals surface area contributed by atoms with Crippen LogP contribution >= 0.6 is 0 Å². The number of nitrogens with one attached hydrogen (secondary N) is 1. The number of aryl methyl sites for hydroxylation is 2. The van der Waals surface area contributed by atoms with Crippen molar-refractivity contribution < 1.29 is 17.9 Å². The van der Waals surface area contributed by atoms with Crippen LogP contribution in [0.4, 0.5) is 5.69 Å². The third kappa shape index (κ3) is 4.46. The lowest BCUT2D eigenvalue weighted by Crippen LogP contribution is -2.35. The number of hydrogen-bond donors (Lipinski definition) is 1. The minimum absolute atomic E-state index is 0.129. The van der Waals surface area contributed by atoms with Crippen molar-refractivity contribution in [1.82, 2.24) is 9.55 Å². The average molecular weight is 492 g/mol. The molecule has 3 aromatic carbocycles. The predicted octanol–water partition coefficient (Wildman–Crippen LogP) is 3.72. The molecular formula is C26H25N3O5S. The van der Waals surface area contributed by atoms with E-state index >= 15 is 0 Å². The first-order chi connectivity index (χ1) is 16.9. The molecule has 0 aliphatic carbocycles. The summed E-state index contributed by atoms with van der Waals surface area (Å²) in [7, 11) is -3.74. The van der Waals surface area contributed by atoms with E-state index in [9.17, 15) is 18.0 Å². The maximum atomic E-state index is 13.3. The number of carbonyl (C=O) groups is 1. The normalized spacial score (nSPS) is 13.5. The summed E-state index contributed by atoms with van der Waals surface area (Å²) in [6.45, 7) is 0.961. The molecule has 9 heteroatoms. The van der Waals surface area contributed by atoms with Crippen molar-refractivity contribution in [2.45, 2.75) is 30.7 Å². The number of esters is 1. The Kier molecular flexibility index (Phi) is 6.17. The van der Waals surface area contributed by atoms with Gasteiger partial charge in [-0.3, -0.25) is 8.87 Å². The van der Waals surface area contributed by atoms with Crippen molar-refractivity contribution in [3.63, 3.8) is 0 Å². The van der Waals surface area contributed by atoms with Gasteiger partial charge in [0.1, 0.15) is 0 Å². The molecular weight excluding hydrogens is 466 g/mol. The molecule has 35 heavy (non-hydrogen) atoms. The van der Waals surface area contributed by atoms with Gasteiger partial charge < -0.3 is 9.72 Å². The lowest BCUT2D eigenvalue weighted by Gasteiger charge is -2.30. The summed E-state index contributed by atoms with van der Waals surface area (Å²) in [5.41, 5.74) is 3.35. The summed E-state index contributed by atoms with van der Waals surface area (Å²) in [5.74, 6) is -0.538.